The lowest BCUT2D eigenvalue weighted by atomic mass is 9.78. The number of fused-ring (bicyclic) bond motifs is 2. The molecule has 0 saturated carbocycles. The zero-order valence-electron chi connectivity index (χ0n) is 27.8. The number of allylic oxidation sites excluding steroid dienone is 2. The van der Waals surface area contributed by atoms with Crippen molar-refractivity contribution in [1.82, 2.24) is 0 Å². The number of carbonyl (C=O) groups is 5. The number of rotatable bonds is 6. The maximum atomic E-state index is 13.1. The molecule has 0 radical (unpaired) electrons. The average molecular weight is 659 g/mol. The van der Waals surface area contributed by atoms with Crippen LogP contribution in [0.1, 0.15) is 62.3 Å². The maximum Gasteiger partial charge on any atom is 0.510 e. The highest BCUT2D eigenvalue weighted by Crippen LogP contribution is 2.47. The summed E-state index contributed by atoms with van der Waals surface area (Å²) in [5.41, 5.74) is -5.09. The largest absolute Gasteiger partial charge is 0.510 e. The molecule has 258 valence electrons. The fraction of sp³-hybridized carbons (Fsp3) is 0.700. The molecule has 0 unspecified atom stereocenters. The van der Waals surface area contributed by atoms with E-state index in [0.29, 0.717) is 0 Å². The summed E-state index contributed by atoms with van der Waals surface area (Å²) in [6, 6.07) is 0. The Hall–Kier alpha value is -4.21. The van der Waals surface area contributed by atoms with Crippen molar-refractivity contribution in [3.8, 4) is 0 Å². The first-order chi connectivity index (χ1) is 21.1. The minimum atomic E-state index is -2.12. The Labute approximate surface area is 266 Å². The van der Waals surface area contributed by atoms with Gasteiger partial charge in [0.1, 0.15) is 29.5 Å². The monoisotopic (exact) mass is 658 g/mol. The lowest BCUT2D eigenvalue weighted by Crippen LogP contribution is -2.72. The summed E-state index contributed by atoms with van der Waals surface area (Å²) < 4.78 is 60.8. The van der Waals surface area contributed by atoms with Crippen molar-refractivity contribution >= 4 is 30.4 Å². The van der Waals surface area contributed by atoms with Crippen molar-refractivity contribution in [3.63, 3.8) is 0 Å². The van der Waals surface area contributed by atoms with Crippen LogP contribution in [0, 0.1) is 0 Å². The zero-order chi connectivity index (χ0) is 34.8. The second kappa shape index (κ2) is 13.3. The first-order valence-corrected chi connectivity index (χ1v) is 14.3. The molecular weight excluding hydrogens is 616 g/mol. The Morgan fingerprint density at radius 3 is 1.65 bits per heavy atom. The van der Waals surface area contributed by atoms with Gasteiger partial charge in [0, 0.05) is 12.2 Å². The van der Waals surface area contributed by atoms with E-state index in [4.69, 9.17) is 52.1 Å². The smallest absolute Gasteiger partial charge is 0.496 e. The molecule has 2 aliphatic heterocycles. The van der Waals surface area contributed by atoms with Crippen LogP contribution < -0.4 is 0 Å². The molecule has 5 atom stereocenters. The van der Waals surface area contributed by atoms with Crippen LogP contribution >= 0.6 is 0 Å². The van der Waals surface area contributed by atoms with E-state index in [0.717, 1.165) is 12.2 Å². The van der Waals surface area contributed by atoms with Gasteiger partial charge in [0.2, 0.25) is 0 Å². The summed E-state index contributed by atoms with van der Waals surface area (Å²) in [4.78, 5) is 64.2. The highest BCUT2D eigenvalue weighted by atomic mass is 16.8. The zero-order valence-corrected chi connectivity index (χ0v) is 27.8. The normalized spacial score (nSPS) is 25.8. The fourth-order valence-corrected chi connectivity index (χ4v) is 4.74. The molecule has 2 saturated heterocycles. The van der Waals surface area contributed by atoms with Crippen molar-refractivity contribution in [2.75, 3.05) is 20.8 Å². The van der Waals surface area contributed by atoms with Gasteiger partial charge < -0.3 is 52.1 Å². The first-order valence-electron chi connectivity index (χ1n) is 14.3. The van der Waals surface area contributed by atoms with Crippen molar-refractivity contribution in [2.24, 2.45) is 0 Å². The molecule has 0 amide bonds. The molecule has 16 heteroatoms. The maximum absolute atomic E-state index is 13.1. The van der Waals surface area contributed by atoms with Gasteiger partial charge in [-0.15, -0.1) is 0 Å². The van der Waals surface area contributed by atoms with Crippen molar-refractivity contribution in [2.45, 2.75) is 115 Å². The summed E-state index contributed by atoms with van der Waals surface area (Å²) in [5, 5.41) is 0. The van der Waals surface area contributed by atoms with Gasteiger partial charge in [-0.3, -0.25) is 4.79 Å². The van der Waals surface area contributed by atoms with Crippen molar-refractivity contribution < 1.29 is 76.1 Å². The van der Waals surface area contributed by atoms with Gasteiger partial charge in [-0.2, -0.15) is 0 Å². The Morgan fingerprint density at radius 1 is 0.739 bits per heavy atom. The van der Waals surface area contributed by atoms with Gasteiger partial charge in [-0.05, 0) is 62.3 Å². The molecule has 2 fully saturated rings. The molecule has 3 rings (SSSR count). The lowest BCUT2D eigenvalue weighted by Gasteiger charge is -2.53. The first kappa shape index (κ1) is 36.3. The summed E-state index contributed by atoms with van der Waals surface area (Å²) in [6.07, 6.45) is -10.7. The van der Waals surface area contributed by atoms with Gasteiger partial charge >= 0.3 is 24.6 Å². The van der Waals surface area contributed by atoms with E-state index < -0.39 is 89.9 Å². The van der Waals surface area contributed by atoms with Crippen LogP contribution in [0.25, 0.3) is 0 Å². The predicted octanol–water partition coefficient (Wildman–Crippen LogP) is 4.26. The molecule has 3 aliphatic rings. The van der Waals surface area contributed by atoms with Crippen LogP contribution in [0.2, 0.25) is 0 Å². The molecule has 0 bridgehead atoms. The summed E-state index contributed by atoms with van der Waals surface area (Å²) in [5.74, 6) is -1.01. The van der Waals surface area contributed by atoms with Crippen LogP contribution in [-0.2, 0) is 56.9 Å². The Morgan fingerprint density at radius 2 is 1.20 bits per heavy atom. The topological polar surface area (TPSA) is 187 Å². The van der Waals surface area contributed by atoms with E-state index in [1.165, 1.54) is 14.2 Å². The van der Waals surface area contributed by atoms with Gasteiger partial charge in [0.05, 0.1) is 14.2 Å². The van der Waals surface area contributed by atoms with Crippen LogP contribution in [0.15, 0.2) is 23.7 Å². The minimum absolute atomic E-state index is 0.224. The molecule has 46 heavy (non-hydrogen) atoms. The quantitative estimate of drug-likeness (QED) is 0.291. The molecule has 0 aromatic heterocycles. The van der Waals surface area contributed by atoms with Crippen molar-refractivity contribution in [3.05, 3.63) is 23.7 Å². The number of hydrogen-bond acceptors (Lipinski definition) is 16. The number of carbonyl (C=O) groups excluding carboxylic acids is 5. The van der Waals surface area contributed by atoms with E-state index in [9.17, 15) is 24.0 Å². The molecule has 2 heterocycles. The molecule has 0 aromatic rings. The molecule has 1 aliphatic carbocycles. The Bertz CT molecular complexity index is 1240. The van der Waals surface area contributed by atoms with E-state index >= 15 is 0 Å². The van der Waals surface area contributed by atoms with Crippen LogP contribution in [0.4, 0.5) is 19.2 Å². The number of hydrogen-bond donors (Lipinski definition) is 0. The van der Waals surface area contributed by atoms with E-state index in [2.05, 4.69) is 0 Å². The summed E-state index contributed by atoms with van der Waals surface area (Å²) in [6.45, 7) is 13.7. The van der Waals surface area contributed by atoms with E-state index in [-0.39, 0.29) is 11.5 Å². The number of ether oxygens (including phenoxy) is 11. The summed E-state index contributed by atoms with van der Waals surface area (Å²) >= 11 is 0. The standard InChI is InChI=1S/C30H42O16/c1-27(2,3)43-23(32)38-14-16-19(40-24(33)44-28(4,5)6)20(41-25(34)45-29(7,8)9)21-22(39-16)30(46-26(35)42-21)17(36-10)12-15(31)13-18(30)37-11/h12-13,16,19-22H,14H2,1-11H3/t16-,19-,20+,21-,22-/m1/s1. The molecule has 0 N–H and O–H groups in total. The Balaban J connectivity index is 2.17. The molecular formula is C30H42O16. The highest BCUT2D eigenvalue weighted by Gasteiger charge is 2.68. The molecule has 0 aromatic carbocycles. The van der Waals surface area contributed by atoms with Crippen LogP contribution in [-0.4, -0.2) is 104 Å². The van der Waals surface area contributed by atoms with Gasteiger partial charge in [-0.1, -0.05) is 0 Å². The van der Waals surface area contributed by atoms with Gasteiger partial charge in [-0.25, -0.2) is 19.2 Å². The lowest BCUT2D eigenvalue weighted by molar-refractivity contribution is -0.295. The van der Waals surface area contributed by atoms with Crippen LogP contribution in [0.3, 0.4) is 0 Å². The van der Waals surface area contributed by atoms with E-state index in [1.807, 2.05) is 0 Å². The Kier molecular flexibility index (Phi) is 10.5. The minimum Gasteiger partial charge on any atom is -0.496 e. The van der Waals surface area contributed by atoms with Crippen LogP contribution in [0.5, 0.6) is 0 Å². The third-order valence-electron chi connectivity index (χ3n) is 6.23. The summed E-state index contributed by atoms with van der Waals surface area (Å²) in [7, 11) is 2.43. The average Bonchev–Trinajstić information content (AvgIpc) is 2.87. The second-order valence-electron chi connectivity index (χ2n) is 13.5. The molecule has 1 spiro atoms. The SMILES string of the molecule is COC1=CC(=O)C=C(OC)C12OC(=O)O[C@@H]1[C@@H](OC(=O)OC(C)(C)C)[C@H](OC(=O)OC(C)(C)C)[C@@H](COC(=O)OC(C)(C)C)O[C@H]12. The fourth-order valence-electron chi connectivity index (χ4n) is 4.74. The second-order valence-corrected chi connectivity index (χ2v) is 13.5. The van der Waals surface area contributed by atoms with Crippen molar-refractivity contribution in [1.29, 1.82) is 0 Å². The molecule has 16 nitrogen and oxygen atoms in total. The number of methoxy groups -OCH3 is 2. The predicted molar refractivity (Wildman–Crippen MR) is 152 cm³/mol. The third kappa shape index (κ3) is 8.73. The highest BCUT2D eigenvalue weighted by molar-refractivity contribution is 6.02. The number of ketones is 1. The van der Waals surface area contributed by atoms with Gasteiger partial charge in [0.25, 0.3) is 5.60 Å². The third-order valence-corrected chi connectivity index (χ3v) is 6.23. The van der Waals surface area contributed by atoms with E-state index in [1.54, 1.807) is 62.3 Å². The van der Waals surface area contributed by atoms with Gasteiger partial charge in [0.15, 0.2) is 41.7 Å².